The number of rotatable bonds is 1. The van der Waals surface area contributed by atoms with Crippen LogP contribution < -0.4 is 10.9 Å². The number of hydrogen-bond acceptors (Lipinski definition) is 3. The lowest BCUT2D eigenvalue weighted by Gasteiger charge is -2.15. The monoisotopic (exact) mass is 270 g/mol. The van der Waals surface area contributed by atoms with Gasteiger partial charge < -0.3 is 5.73 Å². The summed E-state index contributed by atoms with van der Waals surface area (Å²) in [7, 11) is -3.58. The topological polar surface area (TPSA) is 86.2 Å². The Hall–Kier alpha value is -1.07. The van der Waals surface area contributed by atoms with E-state index >= 15 is 0 Å². The smallest absolute Gasteiger partial charge is 0.238 e. The average molecular weight is 270 g/mol. The molecule has 0 amide bonds. The second-order valence-corrected chi connectivity index (χ2v) is 6.42. The Morgan fingerprint density at radius 2 is 1.56 bits per heavy atom. The quantitative estimate of drug-likeness (QED) is 0.769. The van der Waals surface area contributed by atoms with Crippen molar-refractivity contribution in [3.63, 3.8) is 0 Å². The van der Waals surface area contributed by atoms with Crippen LogP contribution in [0.25, 0.3) is 0 Å². The fourth-order valence-electron chi connectivity index (χ4n) is 1.96. The van der Waals surface area contributed by atoms with E-state index in [9.17, 15) is 8.42 Å². The van der Waals surface area contributed by atoms with Crippen molar-refractivity contribution in [1.29, 1.82) is 0 Å². The van der Waals surface area contributed by atoms with Gasteiger partial charge in [-0.25, -0.2) is 13.6 Å². The van der Waals surface area contributed by atoms with E-state index in [1.54, 1.807) is 0 Å². The number of sulfonamides is 1. The van der Waals surface area contributed by atoms with Gasteiger partial charge in [0.2, 0.25) is 10.0 Å². The second kappa shape index (κ2) is 6.75. The van der Waals surface area contributed by atoms with Gasteiger partial charge >= 0.3 is 0 Å². The summed E-state index contributed by atoms with van der Waals surface area (Å²) < 4.78 is 21.4. The summed E-state index contributed by atoms with van der Waals surface area (Å²) in [6.45, 7) is 2.36. The summed E-state index contributed by atoms with van der Waals surface area (Å²) in [5, 5.41) is 4.84. The molecule has 2 rings (SSSR count). The second-order valence-electron chi connectivity index (χ2n) is 4.86. The van der Waals surface area contributed by atoms with Crippen LogP contribution in [0.4, 0.5) is 5.69 Å². The van der Waals surface area contributed by atoms with Crippen molar-refractivity contribution >= 4 is 15.7 Å². The molecule has 4 N–H and O–H groups in total. The highest BCUT2D eigenvalue weighted by Crippen LogP contribution is 2.22. The van der Waals surface area contributed by atoms with Crippen LogP contribution in [0, 0.1) is 5.92 Å². The van der Waals surface area contributed by atoms with Gasteiger partial charge in [0.15, 0.2) is 0 Å². The molecular formula is C13H22N2O2S. The summed E-state index contributed by atoms with van der Waals surface area (Å²) >= 11 is 0. The van der Waals surface area contributed by atoms with Gasteiger partial charge in [-0.2, -0.15) is 0 Å². The predicted molar refractivity (Wildman–Crippen MR) is 74.5 cm³/mol. The molecule has 0 radical (unpaired) electrons. The Morgan fingerprint density at radius 3 is 1.89 bits per heavy atom. The highest BCUT2D eigenvalue weighted by Gasteiger charge is 2.06. The van der Waals surface area contributed by atoms with Crippen LogP contribution in [-0.4, -0.2) is 8.42 Å². The molecule has 1 fully saturated rings. The van der Waals surface area contributed by atoms with Gasteiger partial charge in [-0.15, -0.1) is 0 Å². The van der Waals surface area contributed by atoms with Gasteiger partial charge in [0.25, 0.3) is 0 Å². The summed E-state index contributed by atoms with van der Waals surface area (Å²) in [5.41, 5.74) is 5.85. The lowest BCUT2D eigenvalue weighted by atomic mass is 9.91. The maximum absolute atomic E-state index is 10.7. The van der Waals surface area contributed by atoms with Crippen LogP contribution >= 0.6 is 0 Å². The van der Waals surface area contributed by atoms with E-state index in [4.69, 9.17) is 10.9 Å². The van der Waals surface area contributed by atoms with Gasteiger partial charge in [-0.05, 0) is 30.2 Å². The number of anilines is 1. The van der Waals surface area contributed by atoms with Crippen molar-refractivity contribution in [2.75, 3.05) is 5.73 Å². The molecule has 5 heteroatoms. The molecule has 102 valence electrons. The van der Waals surface area contributed by atoms with Crippen LogP contribution in [-0.2, 0) is 10.0 Å². The van der Waals surface area contributed by atoms with Crippen molar-refractivity contribution < 1.29 is 8.42 Å². The molecule has 0 saturated heterocycles. The van der Waals surface area contributed by atoms with Crippen molar-refractivity contribution in [1.82, 2.24) is 0 Å². The number of primary sulfonamides is 1. The fourth-order valence-corrected chi connectivity index (χ4v) is 2.48. The lowest BCUT2D eigenvalue weighted by molar-refractivity contribution is 0.385. The molecule has 1 aliphatic carbocycles. The summed E-state index contributed by atoms with van der Waals surface area (Å²) in [6, 6.07) is 5.70. The van der Waals surface area contributed by atoms with E-state index in [1.165, 1.54) is 56.4 Å². The molecule has 0 bridgehead atoms. The SMILES string of the molecule is CC1CCCCC1.Nc1ccc(S(N)(=O)=O)cc1. The van der Waals surface area contributed by atoms with E-state index in [-0.39, 0.29) is 4.90 Å². The first-order chi connectivity index (χ1) is 8.39. The normalized spacial score (nSPS) is 16.8. The Kier molecular flexibility index (Phi) is 5.62. The molecule has 18 heavy (non-hydrogen) atoms. The molecule has 4 nitrogen and oxygen atoms in total. The third kappa shape index (κ3) is 5.51. The number of nitrogen functional groups attached to an aromatic ring is 1. The molecule has 0 unspecified atom stereocenters. The van der Waals surface area contributed by atoms with E-state index in [0.29, 0.717) is 5.69 Å². The van der Waals surface area contributed by atoms with Crippen molar-refractivity contribution in [3.8, 4) is 0 Å². The summed E-state index contributed by atoms with van der Waals surface area (Å²) in [6.07, 6.45) is 7.44. The standard InChI is InChI=1S/C7H14.C6H8N2O2S/c1-7-5-3-2-4-6-7;7-5-1-3-6(4-2-5)11(8,9)10/h7H,2-6H2,1H3;1-4H,7H2,(H2,8,9,10). The zero-order valence-electron chi connectivity index (χ0n) is 10.8. The highest BCUT2D eigenvalue weighted by molar-refractivity contribution is 7.89. The fraction of sp³-hybridized carbons (Fsp3) is 0.538. The third-order valence-corrected chi connectivity index (χ3v) is 4.03. The van der Waals surface area contributed by atoms with Crippen LogP contribution in [0.15, 0.2) is 29.2 Å². The molecule has 1 saturated carbocycles. The molecule has 1 aliphatic rings. The lowest BCUT2D eigenvalue weighted by Crippen LogP contribution is -2.11. The molecule has 0 atom stereocenters. The highest BCUT2D eigenvalue weighted by atomic mass is 32.2. The number of hydrogen-bond donors (Lipinski definition) is 2. The first-order valence-corrected chi connectivity index (χ1v) is 7.82. The van der Waals surface area contributed by atoms with Gasteiger partial charge in [-0.1, -0.05) is 39.0 Å². The first kappa shape index (κ1) is 15.0. The van der Waals surface area contributed by atoms with E-state index in [0.717, 1.165) is 5.92 Å². The van der Waals surface area contributed by atoms with Crippen LogP contribution in [0.5, 0.6) is 0 Å². The largest absolute Gasteiger partial charge is 0.399 e. The summed E-state index contributed by atoms with van der Waals surface area (Å²) in [4.78, 5) is 0.0756. The Balaban J connectivity index is 0.000000199. The van der Waals surface area contributed by atoms with Gasteiger partial charge in [0, 0.05) is 5.69 Å². The molecule has 0 spiro atoms. The Bertz CT molecular complexity index is 448. The molecule has 0 aliphatic heterocycles. The van der Waals surface area contributed by atoms with Gasteiger partial charge in [0.05, 0.1) is 4.90 Å². The predicted octanol–water partition coefficient (Wildman–Crippen LogP) is 2.50. The molecule has 0 heterocycles. The minimum atomic E-state index is -3.58. The zero-order valence-corrected chi connectivity index (χ0v) is 11.6. The zero-order chi connectivity index (χ0) is 13.6. The molecule has 1 aromatic rings. The van der Waals surface area contributed by atoms with Gasteiger partial charge in [-0.3, -0.25) is 0 Å². The van der Waals surface area contributed by atoms with E-state index in [1.807, 2.05) is 0 Å². The van der Waals surface area contributed by atoms with Gasteiger partial charge in [0.1, 0.15) is 0 Å². The minimum Gasteiger partial charge on any atom is -0.399 e. The third-order valence-electron chi connectivity index (χ3n) is 3.10. The van der Waals surface area contributed by atoms with E-state index < -0.39 is 10.0 Å². The maximum Gasteiger partial charge on any atom is 0.238 e. The Morgan fingerprint density at radius 1 is 1.06 bits per heavy atom. The number of nitrogens with two attached hydrogens (primary N) is 2. The van der Waals surface area contributed by atoms with Crippen molar-refractivity contribution in [3.05, 3.63) is 24.3 Å². The minimum absolute atomic E-state index is 0.0756. The van der Waals surface area contributed by atoms with Crippen LogP contribution in [0.1, 0.15) is 39.0 Å². The molecular weight excluding hydrogens is 248 g/mol. The average Bonchev–Trinajstić information content (AvgIpc) is 2.30. The molecule has 0 aromatic heterocycles. The van der Waals surface area contributed by atoms with E-state index in [2.05, 4.69) is 6.92 Å². The van der Waals surface area contributed by atoms with Crippen LogP contribution in [0.2, 0.25) is 0 Å². The summed E-state index contributed by atoms with van der Waals surface area (Å²) in [5.74, 6) is 1.04. The molecule has 1 aromatic carbocycles. The number of benzene rings is 1. The van der Waals surface area contributed by atoms with Crippen LogP contribution in [0.3, 0.4) is 0 Å². The Labute approximate surface area is 109 Å². The van der Waals surface area contributed by atoms with Crippen molar-refractivity contribution in [2.45, 2.75) is 43.9 Å². The first-order valence-electron chi connectivity index (χ1n) is 6.28. The maximum atomic E-state index is 10.7. The van der Waals surface area contributed by atoms with Crippen molar-refractivity contribution in [2.24, 2.45) is 11.1 Å².